The summed E-state index contributed by atoms with van der Waals surface area (Å²) in [4.78, 5) is 24.1. The van der Waals surface area contributed by atoms with E-state index in [0.717, 1.165) is 0 Å². The van der Waals surface area contributed by atoms with E-state index < -0.39 is 17.7 Å². The minimum absolute atomic E-state index is 0.183. The second-order valence-electron chi connectivity index (χ2n) is 5.99. The van der Waals surface area contributed by atoms with Crippen molar-refractivity contribution in [1.29, 1.82) is 0 Å². The smallest absolute Gasteiger partial charge is 0.345 e. The maximum atomic E-state index is 12.5. The normalized spacial score (nSPS) is 18.2. The van der Waals surface area contributed by atoms with Crippen LogP contribution in [0, 0.1) is 0 Å². The fourth-order valence-corrected chi connectivity index (χ4v) is 2.49. The molecule has 2 aromatic carbocycles. The molecule has 0 aliphatic carbocycles. The van der Waals surface area contributed by atoms with Crippen LogP contribution >= 0.6 is 0 Å². The van der Waals surface area contributed by atoms with Crippen LogP contribution in [0.3, 0.4) is 0 Å². The molecule has 0 bridgehead atoms. The lowest BCUT2D eigenvalue weighted by Crippen LogP contribution is -2.39. The van der Waals surface area contributed by atoms with Gasteiger partial charge in [-0.25, -0.2) is 9.59 Å². The van der Waals surface area contributed by atoms with E-state index in [1.165, 1.54) is 6.07 Å². The fraction of sp³-hybridized carbons (Fsp3) is 0.200. The average molecular weight is 354 g/mol. The standard InChI is InChI=1S/C20H18O6/c1-12(2)18(21)24-15-9-10-17-16(11-15)19(22)26-20(3,25-17)13-5-7-14(23-4)8-6-13/h5-11H,1H2,2-4H3. The van der Waals surface area contributed by atoms with Gasteiger partial charge in [0.05, 0.1) is 7.11 Å². The van der Waals surface area contributed by atoms with Gasteiger partial charge in [-0.15, -0.1) is 0 Å². The molecule has 1 aliphatic heterocycles. The molecule has 0 saturated carbocycles. The summed E-state index contributed by atoms with van der Waals surface area (Å²) in [5.41, 5.74) is 1.10. The molecule has 1 unspecified atom stereocenters. The predicted octanol–water partition coefficient (Wildman–Crippen LogP) is 3.60. The average Bonchev–Trinajstić information content (AvgIpc) is 2.62. The molecule has 6 nitrogen and oxygen atoms in total. The summed E-state index contributed by atoms with van der Waals surface area (Å²) in [6.45, 7) is 6.72. The maximum absolute atomic E-state index is 12.5. The van der Waals surface area contributed by atoms with Crippen LogP contribution in [0.5, 0.6) is 17.2 Å². The van der Waals surface area contributed by atoms with E-state index >= 15 is 0 Å². The Hall–Kier alpha value is -3.28. The molecule has 0 N–H and O–H groups in total. The molecule has 0 aromatic heterocycles. The van der Waals surface area contributed by atoms with Crippen molar-refractivity contribution in [2.45, 2.75) is 19.6 Å². The molecule has 26 heavy (non-hydrogen) atoms. The summed E-state index contributed by atoms with van der Waals surface area (Å²) in [6, 6.07) is 11.6. The van der Waals surface area contributed by atoms with Crippen LogP contribution in [-0.4, -0.2) is 19.0 Å². The van der Waals surface area contributed by atoms with E-state index in [4.69, 9.17) is 18.9 Å². The van der Waals surface area contributed by atoms with Gasteiger partial charge in [0.1, 0.15) is 22.8 Å². The van der Waals surface area contributed by atoms with E-state index in [9.17, 15) is 9.59 Å². The Balaban J connectivity index is 1.89. The molecule has 0 spiro atoms. The van der Waals surface area contributed by atoms with Crippen molar-refractivity contribution in [3.05, 3.63) is 65.7 Å². The van der Waals surface area contributed by atoms with Crippen molar-refractivity contribution in [1.82, 2.24) is 0 Å². The Kier molecular flexibility index (Phi) is 4.42. The lowest BCUT2D eigenvalue weighted by molar-refractivity contribution is -0.148. The number of hydrogen-bond donors (Lipinski definition) is 0. The van der Waals surface area contributed by atoms with Gasteiger partial charge in [0.15, 0.2) is 0 Å². The monoisotopic (exact) mass is 354 g/mol. The first-order valence-electron chi connectivity index (χ1n) is 7.91. The van der Waals surface area contributed by atoms with Crippen LogP contribution in [0.15, 0.2) is 54.6 Å². The Morgan fingerprint density at radius 3 is 2.35 bits per heavy atom. The van der Waals surface area contributed by atoms with Crippen molar-refractivity contribution in [3.63, 3.8) is 0 Å². The quantitative estimate of drug-likeness (QED) is 0.475. The highest BCUT2D eigenvalue weighted by molar-refractivity contribution is 5.95. The minimum atomic E-state index is -1.27. The number of ether oxygens (including phenoxy) is 4. The first-order chi connectivity index (χ1) is 12.3. The third kappa shape index (κ3) is 3.26. The van der Waals surface area contributed by atoms with Crippen molar-refractivity contribution in [2.75, 3.05) is 7.11 Å². The summed E-state index contributed by atoms with van der Waals surface area (Å²) in [5.74, 6) is -1.17. The van der Waals surface area contributed by atoms with Gasteiger partial charge in [-0.1, -0.05) is 6.58 Å². The number of methoxy groups -OCH3 is 1. The van der Waals surface area contributed by atoms with Gasteiger partial charge in [0.25, 0.3) is 5.79 Å². The minimum Gasteiger partial charge on any atom is -0.497 e. The highest BCUT2D eigenvalue weighted by Crippen LogP contribution is 2.39. The van der Waals surface area contributed by atoms with E-state index in [2.05, 4.69) is 6.58 Å². The third-order valence-corrected chi connectivity index (χ3v) is 3.94. The summed E-state index contributed by atoms with van der Waals surface area (Å²) >= 11 is 0. The van der Waals surface area contributed by atoms with Crippen molar-refractivity contribution >= 4 is 11.9 Å². The van der Waals surface area contributed by atoms with Crippen LogP contribution in [0.4, 0.5) is 0 Å². The van der Waals surface area contributed by atoms with Gasteiger partial charge in [0.2, 0.25) is 0 Å². The Morgan fingerprint density at radius 1 is 1.08 bits per heavy atom. The molecule has 0 amide bonds. The summed E-state index contributed by atoms with van der Waals surface area (Å²) in [6.07, 6.45) is 0. The molecule has 3 rings (SSSR count). The SMILES string of the molecule is C=C(C)C(=O)Oc1ccc2c(c1)C(=O)OC(C)(c1ccc(OC)cc1)O2. The Morgan fingerprint density at radius 2 is 1.73 bits per heavy atom. The number of hydrogen-bond acceptors (Lipinski definition) is 6. The van der Waals surface area contributed by atoms with E-state index in [1.54, 1.807) is 57.4 Å². The number of carbonyl (C=O) groups is 2. The van der Waals surface area contributed by atoms with Crippen molar-refractivity contribution in [3.8, 4) is 17.2 Å². The number of fused-ring (bicyclic) bond motifs is 1. The number of cyclic esters (lactones) is 1. The predicted molar refractivity (Wildman–Crippen MR) is 93.3 cm³/mol. The highest BCUT2D eigenvalue weighted by Gasteiger charge is 2.40. The molecule has 6 heteroatoms. The summed E-state index contributed by atoms with van der Waals surface area (Å²) < 4.78 is 21.7. The molecular weight excluding hydrogens is 336 g/mol. The van der Waals surface area contributed by atoms with Gasteiger partial charge < -0.3 is 18.9 Å². The zero-order valence-electron chi connectivity index (χ0n) is 14.7. The van der Waals surface area contributed by atoms with Crippen LogP contribution in [0.25, 0.3) is 0 Å². The molecule has 0 radical (unpaired) electrons. The van der Waals surface area contributed by atoms with Gasteiger partial charge in [-0.2, -0.15) is 0 Å². The van der Waals surface area contributed by atoms with Crippen LogP contribution in [0.1, 0.15) is 29.8 Å². The fourth-order valence-electron chi connectivity index (χ4n) is 2.49. The van der Waals surface area contributed by atoms with Gasteiger partial charge in [0, 0.05) is 18.1 Å². The Bertz CT molecular complexity index is 884. The third-order valence-electron chi connectivity index (χ3n) is 3.94. The van der Waals surface area contributed by atoms with Crippen molar-refractivity contribution in [2.24, 2.45) is 0 Å². The summed E-state index contributed by atoms with van der Waals surface area (Å²) in [7, 11) is 1.57. The molecular formula is C20H18O6. The largest absolute Gasteiger partial charge is 0.497 e. The zero-order chi connectivity index (χ0) is 18.9. The van der Waals surface area contributed by atoms with Crippen LogP contribution < -0.4 is 14.2 Å². The number of benzene rings is 2. The van der Waals surface area contributed by atoms with E-state index in [0.29, 0.717) is 17.1 Å². The lowest BCUT2D eigenvalue weighted by Gasteiger charge is -2.35. The van der Waals surface area contributed by atoms with Gasteiger partial charge >= 0.3 is 11.9 Å². The molecule has 1 heterocycles. The van der Waals surface area contributed by atoms with Crippen LogP contribution in [-0.2, 0) is 15.3 Å². The molecule has 1 aliphatic rings. The van der Waals surface area contributed by atoms with Gasteiger partial charge in [-0.3, -0.25) is 0 Å². The van der Waals surface area contributed by atoms with E-state index in [-0.39, 0.29) is 16.9 Å². The number of esters is 2. The molecule has 2 aromatic rings. The van der Waals surface area contributed by atoms with Crippen molar-refractivity contribution < 1.29 is 28.5 Å². The molecule has 1 atom stereocenters. The second kappa shape index (κ2) is 6.55. The lowest BCUT2D eigenvalue weighted by atomic mass is 10.0. The van der Waals surface area contributed by atoms with Gasteiger partial charge in [-0.05, 0) is 49.4 Å². The first kappa shape index (κ1) is 17.5. The summed E-state index contributed by atoms with van der Waals surface area (Å²) in [5, 5.41) is 0. The molecule has 0 saturated heterocycles. The Labute approximate surface area is 150 Å². The highest BCUT2D eigenvalue weighted by atomic mass is 16.7. The van der Waals surface area contributed by atoms with Crippen LogP contribution in [0.2, 0.25) is 0 Å². The topological polar surface area (TPSA) is 71.1 Å². The number of rotatable bonds is 4. The number of carbonyl (C=O) groups excluding carboxylic acids is 2. The zero-order valence-corrected chi connectivity index (χ0v) is 14.7. The second-order valence-corrected chi connectivity index (χ2v) is 5.99. The first-order valence-corrected chi connectivity index (χ1v) is 7.91. The molecule has 134 valence electrons. The maximum Gasteiger partial charge on any atom is 0.345 e. The molecule has 0 fully saturated rings. The van der Waals surface area contributed by atoms with E-state index in [1.807, 2.05) is 0 Å².